The van der Waals surface area contributed by atoms with Crippen molar-refractivity contribution in [2.75, 3.05) is 14.1 Å². The molecular formula is C24H40NO9P. The maximum Gasteiger partial charge on any atom is 0.469 e. The second kappa shape index (κ2) is 14.8. The molecule has 10 nitrogen and oxygen atoms in total. The summed E-state index contributed by atoms with van der Waals surface area (Å²) in [5.74, 6) is -0.685. The third-order valence-electron chi connectivity index (χ3n) is 5.86. The van der Waals surface area contributed by atoms with Gasteiger partial charge in [-0.25, -0.2) is 9.36 Å². The summed E-state index contributed by atoms with van der Waals surface area (Å²) in [7, 11) is -1.77. The van der Waals surface area contributed by atoms with Crippen LogP contribution in [0.25, 0.3) is 0 Å². The highest BCUT2D eigenvalue weighted by Crippen LogP contribution is 2.41. The van der Waals surface area contributed by atoms with Crippen LogP contribution in [0.3, 0.4) is 0 Å². The number of phosphoric ester groups is 1. The summed E-state index contributed by atoms with van der Waals surface area (Å²) >= 11 is 0. The van der Waals surface area contributed by atoms with Crippen LogP contribution in [0.2, 0.25) is 0 Å². The van der Waals surface area contributed by atoms with Crippen LogP contribution in [0.15, 0.2) is 48.6 Å². The molecule has 1 saturated carbocycles. The predicted molar refractivity (Wildman–Crippen MR) is 132 cm³/mol. The van der Waals surface area contributed by atoms with Crippen molar-refractivity contribution in [3.8, 4) is 0 Å². The van der Waals surface area contributed by atoms with E-state index in [4.69, 9.17) is 9.63 Å². The van der Waals surface area contributed by atoms with Crippen LogP contribution in [-0.2, 0) is 13.9 Å². The highest BCUT2D eigenvalue weighted by atomic mass is 31.2. The molecule has 200 valence electrons. The van der Waals surface area contributed by atoms with Gasteiger partial charge in [0.25, 0.3) is 0 Å². The van der Waals surface area contributed by atoms with Crippen molar-refractivity contribution in [3.05, 3.63) is 48.6 Å². The molecule has 0 aromatic heterocycles. The molecule has 6 N–H and O–H groups in total. The highest BCUT2D eigenvalue weighted by molar-refractivity contribution is 7.46. The van der Waals surface area contributed by atoms with Crippen LogP contribution in [0.4, 0.5) is 0 Å². The molecule has 0 aromatic rings. The van der Waals surface area contributed by atoms with Crippen molar-refractivity contribution in [2.24, 2.45) is 5.92 Å². The summed E-state index contributed by atoms with van der Waals surface area (Å²) in [5, 5.41) is 40.5. The number of carboxylic acid groups (broad SMARTS) is 1. The number of carboxylic acids is 1. The Morgan fingerprint density at radius 2 is 1.74 bits per heavy atom. The van der Waals surface area contributed by atoms with Crippen LogP contribution < -0.4 is 0 Å². The molecule has 0 saturated heterocycles. The number of nitrogens with zero attached hydrogens (tertiary/aromatic N) is 1. The Labute approximate surface area is 207 Å². The first-order chi connectivity index (χ1) is 16.2. The van der Waals surface area contributed by atoms with Gasteiger partial charge in [-0.2, -0.15) is 0 Å². The third kappa shape index (κ3) is 13.3. The van der Waals surface area contributed by atoms with Crippen LogP contribution in [0.5, 0.6) is 0 Å². The van der Waals surface area contributed by atoms with E-state index in [1.807, 2.05) is 6.08 Å². The van der Waals surface area contributed by atoms with E-state index in [9.17, 15) is 34.5 Å². The fourth-order valence-electron chi connectivity index (χ4n) is 3.88. The molecule has 5 unspecified atom stereocenters. The van der Waals surface area contributed by atoms with E-state index in [-0.39, 0.29) is 6.42 Å². The van der Waals surface area contributed by atoms with Gasteiger partial charge in [0.2, 0.25) is 0 Å². The molecule has 0 spiro atoms. The molecule has 1 rings (SSSR count). The van der Waals surface area contributed by atoms with Gasteiger partial charge >= 0.3 is 13.8 Å². The maximum absolute atomic E-state index is 11.5. The number of phosphoric acid groups is 1. The van der Waals surface area contributed by atoms with Gasteiger partial charge in [0.1, 0.15) is 11.7 Å². The lowest BCUT2D eigenvalue weighted by Crippen LogP contribution is -2.42. The minimum absolute atomic E-state index is 0.331. The Morgan fingerprint density at radius 1 is 1.11 bits per heavy atom. The van der Waals surface area contributed by atoms with Crippen LogP contribution >= 0.6 is 7.82 Å². The zero-order valence-electron chi connectivity index (χ0n) is 20.6. The largest absolute Gasteiger partial charge is 0.478 e. The SMILES string of the molecule is CN(C)C(C=CC(=O)O)C(O)C=CC(C)(O)C(CC(O)C=CC=CC1CCCCC1)OP(=O)(O)O. The van der Waals surface area contributed by atoms with Gasteiger partial charge in [0, 0.05) is 12.5 Å². The van der Waals surface area contributed by atoms with E-state index in [2.05, 4.69) is 6.08 Å². The Morgan fingerprint density at radius 3 is 2.29 bits per heavy atom. The first-order valence-corrected chi connectivity index (χ1v) is 13.2. The van der Waals surface area contributed by atoms with Crippen LogP contribution in [0.1, 0.15) is 45.4 Å². The normalized spacial score (nSPS) is 21.7. The number of hydrogen-bond donors (Lipinski definition) is 6. The Kier molecular flexibility index (Phi) is 13.3. The molecule has 11 heteroatoms. The lowest BCUT2D eigenvalue weighted by atomic mass is 9.89. The third-order valence-corrected chi connectivity index (χ3v) is 6.39. The van der Waals surface area contributed by atoms with E-state index in [1.54, 1.807) is 25.1 Å². The van der Waals surface area contributed by atoms with E-state index >= 15 is 0 Å². The maximum atomic E-state index is 11.5. The summed E-state index contributed by atoms with van der Waals surface area (Å²) < 4.78 is 16.3. The number of carbonyl (C=O) groups is 1. The van der Waals surface area contributed by atoms with Crippen molar-refractivity contribution < 1.29 is 44.1 Å². The predicted octanol–water partition coefficient (Wildman–Crippen LogP) is 2.15. The molecule has 0 amide bonds. The van der Waals surface area contributed by atoms with E-state index in [0.29, 0.717) is 5.92 Å². The van der Waals surface area contributed by atoms with Crippen molar-refractivity contribution in [3.63, 3.8) is 0 Å². The standard InChI is InChI=1S/C24H40NO9P/c1-24(30,16-15-21(27)20(25(2)3)13-14-23(28)29)22(34-35(31,32)33)17-19(26)12-8-7-11-18-9-5-4-6-10-18/h7-8,11-16,18-22,26-27,30H,4-6,9-10,17H2,1-3H3,(H,28,29)(H2,31,32,33). The second-order valence-electron chi connectivity index (χ2n) is 9.28. The lowest BCUT2D eigenvalue weighted by molar-refractivity contribution is -0.131. The van der Waals surface area contributed by atoms with Gasteiger partial charge in [-0.05, 0) is 39.8 Å². The summed E-state index contributed by atoms with van der Waals surface area (Å²) in [6.45, 7) is 1.23. The molecule has 0 aliphatic heterocycles. The highest BCUT2D eigenvalue weighted by Gasteiger charge is 2.37. The minimum atomic E-state index is -5.02. The molecular weight excluding hydrogens is 477 g/mol. The van der Waals surface area contributed by atoms with Gasteiger partial charge in [0.15, 0.2) is 0 Å². The van der Waals surface area contributed by atoms with Crippen LogP contribution in [0, 0.1) is 5.92 Å². The van der Waals surface area contributed by atoms with Crippen LogP contribution in [-0.4, -0.2) is 85.1 Å². The van der Waals surface area contributed by atoms with Crippen molar-refractivity contribution in [1.82, 2.24) is 4.90 Å². The number of aliphatic hydroxyl groups is 3. The fraction of sp³-hybridized carbons (Fsp3) is 0.625. The first kappa shape index (κ1) is 31.4. The topological polar surface area (TPSA) is 168 Å². The number of likely N-dealkylation sites (N-methyl/N-ethyl adjacent to an activating group) is 1. The molecule has 0 aromatic carbocycles. The van der Waals surface area contributed by atoms with Gasteiger partial charge in [-0.1, -0.05) is 61.8 Å². The molecule has 1 fully saturated rings. The van der Waals surface area contributed by atoms with Crippen molar-refractivity contribution >= 4 is 13.8 Å². The van der Waals surface area contributed by atoms with Crippen molar-refractivity contribution in [2.45, 2.75) is 75.4 Å². The molecule has 5 atom stereocenters. The van der Waals surface area contributed by atoms with Crippen molar-refractivity contribution in [1.29, 1.82) is 0 Å². The smallest absolute Gasteiger partial charge is 0.469 e. The zero-order valence-corrected chi connectivity index (χ0v) is 21.4. The quantitative estimate of drug-likeness (QED) is 0.0869. The molecule has 0 bridgehead atoms. The minimum Gasteiger partial charge on any atom is -0.478 e. The average molecular weight is 518 g/mol. The molecule has 1 aliphatic rings. The summed E-state index contributed by atoms with van der Waals surface area (Å²) in [5.41, 5.74) is -1.98. The summed E-state index contributed by atoms with van der Waals surface area (Å²) in [6.07, 6.45) is 13.1. The van der Waals surface area contributed by atoms with Gasteiger partial charge in [-0.15, -0.1) is 0 Å². The van der Waals surface area contributed by atoms with E-state index < -0.39 is 43.7 Å². The monoisotopic (exact) mass is 517 g/mol. The number of allylic oxidation sites excluding steroid dienone is 3. The molecule has 0 heterocycles. The number of hydrogen-bond acceptors (Lipinski definition) is 7. The van der Waals surface area contributed by atoms with Gasteiger partial charge in [0.05, 0.1) is 18.2 Å². The number of aliphatic hydroxyl groups excluding tert-OH is 2. The van der Waals surface area contributed by atoms with E-state index in [1.165, 1.54) is 44.4 Å². The summed E-state index contributed by atoms with van der Waals surface area (Å²) in [4.78, 5) is 31.0. The number of aliphatic carboxylic acids is 1. The van der Waals surface area contributed by atoms with Gasteiger partial charge < -0.3 is 35.1 Å². The summed E-state index contributed by atoms with van der Waals surface area (Å²) in [6, 6.07) is -0.747. The molecule has 35 heavy (non-hydrogen) atoms. The number of rotatable bonds is 14. The molecule has 1 aliphatic carbocycles. The Balaban J connectivity index is 2.92. The lowest BCUT2D eigenvalue weighted by Gasteiger charge is -2.32. The molecule has 0 radical (unpaired) electrons. The second-order valence-corrected chi connectivity index (χ2v) is 10.5. The fourth-order valence-corrected chi connectivity index (χ4v) is 4.51. The zero-order chi connectivity index (χ0) is 26.6. The Hall–Kier alpha value is -1.62. The van der Waals surface area contributed by atoms with E-state index in [0.717, 1.165) is 25.0 Å². The Bertz CT molecular complexity index is 810. The first-order valence-electron chi connectivity index (χ1n) is 11.7. The average Bonchev–Trinajstić information content (AvgIpc) is 2.74. The van der Waals surface area contributed by atoms with Gasteiger partial charge in [-0.3, -0.25) is 4.52 Å².